The fourth-order valence-electron chi connectivity index (χ4n) is 2.18. The zero-order chi connectivity index (χ0) is 15.0. The molecule has 1 aromatic rings. The van der Waals surface area contributed by atoms with Crippen LogP contribution in [-0.4, -0.2) is 13.6 Å². The maximum absolute atomic E-state index is 12.7. The minimum Gasteiger partial charge on any atom is -0.494 e. The number of hydrogen-bond acceptors (Lipinski definition) is 1. The van der Waals surface area contributed by atoms with E-state index in [9.17, 15) is 12.9 Å². The van der Waals surface area contributed by atoms with Crippen LogP contribution >= 0.6 is 0 Å². The number of ether oxygens (including phenoxy) is 1. The molecule has 0 radical (unpaired) electrons. The summed E-state index contributed by atoms with van der Waals surface area (Å²) in [6.45, 7) is -0.707. The van der Waals surface area contributed by atoms with Crippen molar-refractivity contribution in [3.63, 3.8) is 0 Å². The second-order valence-electron chi connectivity index (χ2n) is 5.21. The lowest BCUT2D eigenvalue weighted by atomic mass is 9.77. The molecule has 0 spiro atoms. The maximum atomic E-state index is 12.7. The average molecular weight is 287 g/mol. The largest absolute Gasteiger partial charge is 0.509 e. The van der Waals surface area contributed by atoms with Crippen molar-refractivity contribution in [1.82, 2.24) is 0 Å². The van der Waals surface area contributed by atoms with Gasteiger partial charge in [0, 0.05) is 0 Å². The first-order valence-corrected chi connectivity index (χ1v) is 7.38. The molecule has 0 N–H and O–H groups in total. The molecule has 0 saturated carbocycles. The molecule has 0 fully saturated rings. The van der Waals surface area contributed by atoms with Gasteiger partial charge in [0.25, 0.3) is 0 Å². The summed E-state index contributed by atoms with van der Waals surface area (Å²) in [5, 5.41) is 0. The maximum Gasteiger partial charge on any atom is 0.509 e. The molecule has 0 bridgehead atoms. The fraction of sp³-hybridized carbons (Fsp3) is 0.600. The Bertz CT molecular complexity index is 405. The summed E-state index contributed by atoms with van der Waals surface area (Å²) in [5.41, 5.74) is -0.296. The highest BCUT2D eigenvalue weighted by Crippen LogP contribution is 2.17. The van der Waals surface area contributed by atoms with Gasteiger partial charge in [0.05, 0.1) is 6.61 Å². The highest BCUT2D eigenvalue weighted by Gasteiger charge is 2.27. The molecule has 20 heavy (non-hydrogen) atoms. The van der Waals surface area contributed by atoms with Crippen molar-refractivity contribution in [3.05, 3.63) is 23.8 Å². The normalized spacial score (nSPS) is 11.7. The average Bonchev–Trinajstić information content (AvgIpc) is 2.36. The third-order valence-electron chi connectivity index (χ3n) is 3.36. The first-order valence-electron chi connectivity index (χ1n) is 7.38. The first kappa shape index (κ1) is 16.9. The van der Waals surface area contributed by atoms with Crippen LogP contribution < -0.4 is 10.2 Å². The Morgan fingerprint density at radius 3 is 2.25 bits per heavy atom. The van der Waals surface area contributed by atoms with Crippen LogP contribution in [0.3, 0.4) is 0 Å². The van der Waals surface area contributed by atoms with Gasteiger partial charge < -0.3 is 17.7 Å². The van der Waals surface area contributed by atoms with Crippen LogP contribution in [0.15, 0.2) is 18.2 Å². The summed E-state index contributed by atoms with van der Waals surface area (Å²) in [5.74, 6) is 0.528. The predicted octanol–water partition coefficient (Wildman–Crippen LogP) is 4.79. The first-order chi connectivity index (χ1) is 9.45. The van der Waals surface area contributed by atoms with Gasteiger partial charge in [-0.25, -0.2) is 0 Å². The van der Waals surface area contributed by atoms with Crippen LogP contribution in [0.25, 0.3) is 0 Å². The van der Waals surface area contributed by atoms with Gasteiger partial charge in [-0.2, -0.15) is 0 Å². The van der Waals surface area contributed by atoms with E-state index in [4.69, 9.17) is 4.74 Å². The molecule has 1 aromatic carbocycles. The Labute approximate surface area is 119 Å². The van der Waals surface area contributed by atoms with Crippen LogP contribution in [0.1, 0.15) is 51.0 Å². The lowest BCUT2D eigenvalue weighted by Crippen LogP contribution is -2.35. The molecular formula is C15H23BF3O-. The van der Waals surface area contributed by atoms with Crippen LogP contribution in [0.2, 0.25) is 0 Å². The third-order valence-corrected chi connectivity index (χ3v) is 3.36. The summed E-state index contributed by atoms with van der Waals surface area (Å²) in [6, 6.07) is 4.00. The van der Waals surface area contributed by atoms with E-state index < -0.39 is 12.4 Å². The minimum atomic E-state index is -4.93. The van der Waals surface area contributed by atoms with Crippen LogP contribution in [-0.2, 0) is 0 Å². The van der Waals surface area contributed by atoms with E-state index in [-0.39, 0.29) is 5.56 Å². The molecule has 0 aromatic heterocycles. The highest BCUT2D eigenvalue weighted by atomic mass is 19.4. The van der Waals surface area contributed by atoms with E-state index in [2.05, 4.69) is 6.92 Å². The third kappa shape index (κ3) is 5.89. The Balaban J connectivity index is 2.33. The molecule has 0 aliphatic rings. The lowest BCUT2D eigenvalue weighted by Gasteiger charge is -2.18. The topological polar surface area (TPSA) is 9.23 Å². The minimum absolute atomic E-state index is 0.234. The van der Waals surface area contributed by atoms with Gasteiger partial charge in [-0.3, -0.25) is 0 Å². The monoisotopic (exact) mass is 287 g/mol. The summed E-state index contributed by atoms with van der Waals surface area (Å²) in [6.07, 6.45) is 7.00. The van der Waals surface area contributed by atoms with Crippen molar-refractivity contribution in [1.29, 1.82) is 0 Å². The smallest absolute Gasteiger partial charge is 0.494 e. The molecule has 0 saturated heterocycles. The molecule has 0 unspecified atom stereocenters. The van der Waals surface area contributed by atoms with E-state index in [0.717, 1.165) is 18.9 Å². The number of rotatable bonds is 9. The van der Waals surface area contributed by atoms with Crippen molar-refractivity contribution in [2.45, 2.75) is 52.4 Å². The molecule has 0 aliphatic heterocycles. The summed E-state index contributed by atoms with van der Waals surface area (Å²) < 4.78 is 43.5. The molecule has 1 rings (SSSR count). The quantitative estimate of drug-likeness (QED) is 0.468. The van der Waals surface area contributed by atoms with E-state index in [1.807, 2.05) is 0 Å². The molecule has 0 atom stereocenters. The van der Waals surface area contributed by atoms with Gasteiger partial charge in [0.2, 0.25) is 0 Å². The summed E-state index contributed by atoms with van der Waals surface area (Å²) >= 11 is 0. The number of halogens is 3. The zero-order valence-corrected chi connectivity index (χ0v) is 12.3. The van der Waals surface area contributed by atoms with E-state index in [1.165, 1.54) is 44.7 Å². The van der Waals surface area contributed by atoms with Crippen molar-refractivity contribution in [2.24, 2.45) is 0 Å². The predicted molar refractivity (Wildman–Crippen MR) is 78.8 cm³/mol. The van der Waals surface area contributed by atoms with Crippen molar-refractivity contribution in [3.8, 4) is 5.75 Å². The highest BCUT2D eigenvalue weighted by molar-refractivity contribution is 6.74. The molecular weight excluding hydrogens is 264 g/mol. The standard InChI is InChI=1S/C15H23BF3O/c1-3-4-5-6-7-8-11-20-14-9-10-15(13(2)12-14)16(17,18)19/h9-10,12H,3-8,11H2,1-2H3/q-1. The van der Waals surface area contributed by atoms with Crippen molar-refractivity contribution >= 4 is 12.4 Å². The van der Waals surface area contributed by atoms with Gasteiger partial charge >= 0.3 is 6.98 Å². The SMILES string of the molecule is CCCCCCCCOc1ccc([B-](F)(F)F)c(C)c1. The summed E-state index contributed by atoms with van der Waals surface area (Å²) in [4.78, 5) is 0. The van der Waals surface area contributed by atoms with Gasteiger partial charge in [0.1, 0.15) is 5.75 Å². The lowest BCUT2D eigenvalue weighted by molar-refractivity contribution is 0.304. The van der Waals surface area contributed by atoms with Crippen LogP contribution in [0.5, 0.6) is 5.75 Å². The Morgan fingerprint density at radius 1 is 1.00 bits per heavy atom. The van der Waals surface area contributed by atoms with Crippen molar-refractivity contribution < 1.29 is 17.7 Å². The zero-order valence-electron chi connectivity index (χ0n) is 12.3. The van der Waals surface area contributed by atoms with E-state index in [0.29, 0.717) is 12.4 Å². The Kier molecular flexibility index (Phi) is 6.96. The second-order valence-corrected chi connectivity index (χ2v) is 5.21. The van der Waals surface area contributed by atoms with Crippen LogP contribution in [0.4, 0.5) is 12.9 Å². The van der Waals surface area contributed by atoms with Gasteiger partial charge in [0.15, 0.2) is 0 Å². The molecule has 1 nitrogen and oxygen atoms in total. The van der Waals surface area contributed by atoms with E-state index >= 15 is 0 Å². The molecule has 0 aliphatic carbocycles. The van der Waals surface area contributed by atoms with Crippen molar-refractivity contribution in [2.75, 3.05) is 6.61 Å². The van der Waals surface area contributed by atoms with Gasteiger partial charge in [-0.1, -0.05) is 50.7 Å². The van der Waals surface area contributed by atoms with Crippen LogP contribution in [0, 0.1) is 6.92 Å². The number of benzene rings is 1. The van der Waals surface area contributed by atoms with E-state index in [1.54, 1.807) is 0 Å². The number of hydrogen-bond donors (Lipinski definition) is 0. The van der Waals surface area contributed by atoms with Gasteiger partial charge in [-0.15, -0.1) is 5.46 Å². The second kappa shape index (κ2) is 8.23. The molecule has 0 amide bonds. The Morgan fingerprint density at radius 2 is 1.65 bits per heavy atom. The van der Waals surface area contributed by atoms with Gasteiger partial charge in [-0.05, 0) is 25.5 Å². The molecule has 114 valence electrons. The number of unbranched alkanes of at least 4 members (excludes halogenated alkanes) is 5. The fourth-order valence-corrected chi connectivity index (χ4v) is 2.18. The molecule has 0 heterocycles. The Hall–Kier alpha value is -1.13. The number of aryl methyl sites for hydroxylation is 1. The summed E-state index contributed by atoms with van der Waals surface area (Å²) in [7, 11) is 0. The molecule has 5 heteroatoms.